The Morgan fingerprint density at radius 2 is 1.80 bits per heavy atom. The SMILES string of the molecule is CN(CC(=O)N(CCC#N)CCC#N)CC1CC(O)C1. The Balaban J connectivity index is 2.35. The molecule has 1 saturated carbocycles. The molecule has 0 aromatic carbocycles. The van der Waals surface area contributed by atoms with Crippen molar-refractivity contribution in [3.8, 4) is 12.1 Å². The number of amides is 1. The first kappa shape index (κ1) is 16.4. The van der Waals surface area contributed by atoms with Crippen molar-refractivity contribution < 1.29 is 9.90 Å². The lowest BCUT2D eigenvalue weighted by Gasteiger charge is -2.34. The largest absolute Gasteiger partial charge is 0.393 e. The zero-order chi connectivity index (χ0) is 15.0. The molecule has 1 aliphatic rings. The molecule has 0 radical (unpaired) electrons. The van der Waals surface area contributed by atoms with Gasteiger partial charge in [0.2, 0.25) is 5.91 Å². The Labute approximate surface area is 120 Å². The molecule has 0 heterocycles. The van der Waals surface area contributed by atoms with Crippen LogP contribution in [0.25, 0.3) is 0 Å². The van der Waals surface area contributed by atoms with Gasteiger partial charge in [-0.2, -0.15) is 10.5 Å². The first-order valence-electron chi connectivity index (χ1n) is 6.95. The first-order chi connectivity index (χ1) is 9.56. The molecule has 20 heavy (non-hydrogen) atoms. The fourth-order valence-corrected chi connectivity index (χ4v) is 2.42. The van der Waals surface area contributed by atoms with Crippen LogP contribution in [0.2, 0.25) is 0 Å². The molecule has 0 spiro atoms. The molecular weight excluding hydrogens is 256 g/mol. The van der Waals surface area contributed by atoms with Gasteiger partial charge >= 0.3 is 0 Å². The average molecular weight is 278 g/mol. The summed E-state index contributed by atoms with van der Waals surface area (Å²) in [5.74, 6) is 0.423. The zero-order valence-corrected chi connectivity index (χ0v) is 12.0. The molecule has 0 saturated heterocycles. The predicted octanol–water partition coefficient (Wildman–Crippen LogP) is 0.345. The second kappa shape index (κ2) is 8.52. The number of hydrogen-bond donors (Lipinski definition) is 1. The molecule has 1 fully saturated rings. The Bertz CT molecular complexity index is 375. The van der Waals surface area contributed by atoms with Crippen LogP contribution in [-0.4, -0.2) is 60.1 Å². The van der Waals surface area contributed by atoms with Crippen molar-refractivity contribution in [2.75, 3.05) is 33.2 Å². The van der Waals surface area contributed by atoms with Crippen LogP contribution in [0.5, 0.6) is 0 Å². The molecule has 1 N–H and O–H groups in total. The lowest BCUT2D eigenvalue weighted by Crippen LogP contribution is -2.43. The molecule has 110 valence electrons. The second-order valence-corrected chi connectivity index (χ2v) is 5.39. The van der Waals surface area contributed by atoms with Crippen molar-refractivity contribution in [1.29, 1.82) is 10.5 Å². The van der Waals surface area contributed by atoms with Crippen LogP contribution in [0, 0.1) is 28.6 Å². The third kappa shape index (κ3) is 5.56. The van der Waals surface area contributed by atoms with E-state index in [4.69, 9.17) is 10.5 Å². The summed E-state index contributed by atoms with van der Waals surface area (Å²) in [6.45, 7) is 1.86. The summed E-state index contributed by atoms with van der Waals surface area (Å²) in [5.41, 5.74) is 0. The standard InChI is InChI=1S/C14H22N4O2/c1-17(10-12-8-13(19)9-12)11-14(20)18(6-2-4-15)7-3-5-16/h12-13,19H,2-3,6-11H2,1H3. The van der Waals surface area contributed by atoms with Gasteiger partial charge in [0.05, 0.1) is 37.6 Å². The molecule has 0 unspecified atom stereocenters. The highest BCUT2D eigenvalue weighted by atomic mass is 16.3. The number of rotatable bonds is 8. The third-order valence-corrected chi connectivity index (χ3v) is 3.53. The zero-order valence-electron chi connectivity index (χ0n) is 12.0. The number of aliphatic hydroxyl groups excluding tert-OH is 1. The molecule has 0 aromatic rings. The number of nitrogens with zero attached hydrogens (tertiary/aromatic N) is 4. The highest BCUT2D eigenvalue weighted by Gasteiger charge is 2.28. The minimum Gasteiger partial charge on any atom is -0.393 e. The van der Waals surface area contributed by atoms with E-state index in [1.807, 2.05) is 24.1 Å². The molecule has 0 aromatic heterocycles. The Morgan fingerprint density at radius 3 is 2.25 bits per heavy atom. The number of hydrogen-bond acceptors (Lipinski definition) is 5. The summed E-state index contributed by atoms with van der Waals surface area (Å²) in [7, 11) is 1.88. The van der Waals surface area contributed by atoms with E-state index >= 15 is 0 Å². The summed E-state index contributed by atoms with van der Waals surface area (Å²) < 4.78 is 0. The molecule has 1 rings (SSSR count). The van der Waals surface area contributed by atoms with E-state index in [-0.39, 0.29) is 24.9 Å². The van der Waals surface area contributed by atoms with Crippen LogP contribution in [0.15, 0.2) is 0 Å². The average Bonchev–Trinajstić information content (AvgIpc) is 2.36. The second-order valence-electron chi connectivity index (χ2n) is 5.39. The van der Waals surface area contributed by atoms with Gasteiger partial charge in [0.25, 0.3) is 0 Å². The maximum absolute atomic E-state index is 12.1. The van der Waals surface area contributed by atoms with E-state index in [1.165, 1.54) is 0 Å². The predicted molar refractivity (Wildman–Crippen MR) is 73.3 cm³/mol. The van der Waals surface area contributed by atoms with Crippen LogP contribution in [0.1, 0.15) is 25.7 Å². The molecule has 6 heteroatoms. The number of carbonyl (C=O) groups is 1. The van der Waals surface area contributed by atoms with Gasteiger partial charge in [-0.15, -0.1) is 0 Å². The van der Waals surface area contributed by atoms with Crippen molar-refractivity contribution in [1.82, 2.24) is 9.80 Å². The summed E-state index contributed by atoms with van der Waals surface area (Å²) in [6, 6.07) is 4.04. The summed E-state index contributed by atoms with van der Waals surface area (Å²) in [5, 5.41) is 26.4. The van der Waals surface area contributed by atoms with Gasteiger partial charge in [-0.3, -0.25) is 9.69 Å². The molecule has 1 amide bonds. The number of carbonyl (C=O) groups excluding carboxylic acids is 1. The van der Waals surface area contributed by atoms with Crippen molar-refractivity contribution in [3.05, 3.63) is 0 Å². The highest BCUT2D eigenvalue weighted by Crippen LogP contribution is 2.27. The molecule has 0 aliphatic heterocycles. The maximum Gasteiger partial charge on any atom is 0.236 e. The van der Waals surface area contributed by atoms with Gasteiger partial charge in [-0.05, 0) is 25.8 Å². The van der Waals surface area contributed by atoms with Crippen LogP contribution in [0.3, 0.4) is 0 Å². The number of likely N-dealkylation sites (N-methyl/N-ethyl adjacent to an activating group) is 1. The Morgan fingerprint density at radius 1 is 1.25 bits per heavy atom. The quantitative estimate of drug-likeness (QED) is 0.691. The van der Waals surface area contributed by atoms with E-state index in [0.717, 1.165) is 19.4 Å². The Kier molecular flexibility index (Phi) is 7.00. The van der Waals surface area contributed by atoms with Gasteiger partial charge in [-0.1, -0.05) is 0 Å². The van der Waals surface area contributed by atoms with E-state index in [0.29, 0.717) is 25.6 Å². The fraction of sp³-hybridized carbons (Fsp3) is 0.786. The van der Waals surface area contributed by atoms with E-state index < -0.39 is 0 Å². The van der Waals surface area contributed by atoms with Crippen molar-refractivity contribution in [3.63, 3.8) is 0 Å². The Hall–Kier alpha value is -1.63. The summed E-state index contributed by atoms with van der Waals surface area (Å²) >= 11 is 0. The third-order valence-electron chi connectivity index (χ3n) is 3.53. The van der Waals surface area contributed by atoms with Crippen LogP contribution >= 0.6 is 0 Å². The monoisotopic (exact) mass is 278 g/mol. The minimum absolute atomic E-state index is 0.0436. The van der Waals surface area contributed by atoms with Crippen LogP contribution in [0.4, 0.5) is 0 Å². The number of nitriles is 2. The number of aliphatic hydroxyl groups is 1. The molecule has 0 atom stereocenters. The van der Waals surface area contributed by atoms with Crippen molar-refractivity contribution in [2.45, 2.75) is 31.8 Å². The molecule has 0 bridgehead atoms. The van der Waals surface area contributed by atoms with Gasteiger partial charge < -0.3 is 10.0 Å². The van der Waals surface area contributed by atoms with Gasteiger partial charge in [0, 0.05) is 19.6 Å². The fourth-order valence-electron chi connectivity index (χ4n) is 2.42. The highest BCUT2D eigenvalue weighted by molar-refractivity contribution is 5.78. The van der Waals surface area contributed by atoms with E-state index in [1.54, 1.807) is 4.90 Å². The van der Waals surface area contributed by atoms with Crippen LogP contribution < -0.4 is 0 Å². The van der Waals surface area contributed by atoms with Crippen LogP contribution in [-0.2, 0) is 4.79 Å². The van der Waals surface area contributed by atoms with Crippen molar-refractivity contribution >= 4 is 5.91 Å². The summed E-state index contributed by atoms with van der Waals surface area (Å²) in [6.07, 6.45) is 2.02. The maximum atomic E-state index is 12.1. The van der Waals surface area contributed by atoms with Crippen molar-refractivity contribution in [2.24, 2.45) is 5.92 Å². The lowest BCUT2D eigenvalue weighted by molar-refractivity contribution is -0.132. The minimum atomic E-state index is -0.174. The first-order valence-corrected chi connectivity index (χ1v) is 6.95. The smallest absolute Gasteiger partial charge is 0.236 e. The normalized spacial score (nSPS) is 20.9. The van der Waals surface area contributed by atoms with Gasteiger partial charge in [-0.25, -0.2) is 0 Å². The van der Waals surface area contributed by atoms with Gasteiger partial charge in [0.15, 0.2) is 0 Å². The molecule has 6 nitrogen and oxygen atoms in total. The lowest BCUT2D eigenvalue weighted by atomic mass is 9.82. The topological polar surface area (TPSA) is 91.4 Å². The molecule has 1 aliphatic carbocycles. The molecular formula is C14H22N4O2. The summed E-state index contributed by atoms with van der Waals surface area (Å²) in [4.78, 5) is 15.7. The van der Waals surface area contributed by atoms with Gasteiger partial charge in [0.1, 0.15) is 0 Å². The van der Waals surface area contributed by atoms with E-state index in [2.05, 4.69) is 0 Å². The van der Waals surface area contributed by atoms with E-state index in [9.17, 15) is 9.90 Å².